The molecule has 0 spiro atoms. The Bertz CT molecular complexity index is 1830. The summed E-state index contributed by atoms with van der Waals surface area (Å²) in [6.45, 7) is 5.21. The van der Waals surface area contributed by atoms with Crippen LogP contribution in [0.3, 0.4) is 0 Å². The molecule has 6 rings (SSSR count). The summed E-state index contributed by atoms with van der Waals surface area (Å²) in [6, 6.07) is 22.3. The SMILES string of the molecule is CC(C)OCCCn1c(-c2ccc(F)cc2)nc2cc3nc(-c4ccc(F)cc4)nc(-c4ccc(F)cc4)c3cc21. The zero-order valence-corrected chi connectivity index (χ0v) is 22.6. The lowest BCUT2D eigenvalue weighted by Gasteiger charge is -2.13. The molecule has 2 aromatic heterocycles. The molecule has 5 nitrogen and oxygen atoms in total. The number of benzene rings is 4. The van der Waals surface area contributed by atoms with Crippen molar-refractivity contribution in [3.05, 3.63) is 102 Å². The van der Waals surface area contributed by atoms with E-state index < -0.39 is 0 Å². The fourth-order valence-corrected chi connectivity index (χ4v) is 4.89. The van der Waals surface area contributed by atoms with Crippen molar-refractivity contribution in [3.8, 4) is 34.0 Å². The molecule has 41 heavy (non-hydrogen) atoms. The Morgan fingerprint density at radius 3 is 1.88 bits per heavy atom. The zero-order chi connectivity index (χ0) is 28.5. The molecule has 2 heterocycles. The molecule has 0 aliphatic carbocycles. The van der Waals surface area contributed by atoms with Crippen molar-refractivity contribution in [3.63, 3.8) is 0 Å². The monoisotopic (exact) mass is 552 g/mol. The molecule has 0 bridgehead atoms. The average molecular weight is 553 g/mol. The van der Waals surface area contributed by atoms with Gasteiger partial charge in [0.1, 0.15) is 23.3 Å². The number of hydrogen-bond donors (Lipinski definition) is 0. The van der Waals surface area contributed by atoms with Crippen molar-refractivity contribution in [2.24, 2.45) is 0 Å². The van der Waals surface area contributed by atoms with Crippen LogP contribution in [0.15, 0.2) is 84.9 Å². The van der Waals surface area contributed by atoms with Gasteiger partial charge in [0.25, 0.3) is 0 Å². The van der Waals surface area contributed by atoms with Gasteiger partial charge in [-0.15, -0.1) is 0 Å². The van der Waals surface area contributed by atoms with Gasteiger partial charge in [-0.3, -0.25) is 0 Å². The number of aromatic nitrogens is 4. The lowest BCUT2D eigenvalue weighted by Crippen LogP contribution is -2.08. The quantitative estimate of drug-likeness (QED) is 0.179. The molecule has 206 valence electrons. The van der Waals surface area contributed by atoms with Crippen molar-refractivity contribution < 1.29 is 17.9 Å². The largest absolute Gasteiger partial charge is 0.379 e. The van der Waals surface area contributed by atoms with E-state index >= 15 is 0 Å². The molecule has 4 aromatic carbocycles. The summed E-state index contributed by atoms with van der Waals surface area (Å²) in [4.78, 5) is 14.6. The maximum absolute atomic E-state index is 13.8. The lowest BCUT2D eigenvalue weighted by molar-refractivity contribution is 0.0751. The first-order chi connectivity index (χ1) is 19.9. The van der Waals surface area contributed by atoms with Gasteiger partial charge in [-0.2, -0.15) is 0 Å². The van der Waals surface area contributed by atoms with Gasteiger partial charge in [0, 0.05) is 35.2 Å². The van der Waals surface area contributed by atoms with E-state index in [1.165, 1.54) is 36.4 Å². The predicted octanol–water partition coefficient (Wildman–Crippen LogP) is 8.21. The third-order valence-corrected chi connectivity index (χ3v) is 6.86. The second kappa shape index (κ2) is 11.1. The Morgan fingerprint density at radius 2 is 1.27 bits per heavy atom. The van der Waals surface area contributed by atoms with Crippen LogP contribution in [0.5, 0.6) is 0 Å². The van der Waals surface area contributed by atoms with Crippen LogP contribution in [-0.4, -0.2) is 32.2 Å². The third kappa shape index (κ3) is 5.56. The van der Waals surface area contributed by atoms with Gasteiger partial charge < -0.3 is 9.30 Å². The lowest BCUT2D eigenvalue weighted by atomic mass is 10.0. The zero-order valence-electron chi connectivity index (χ0n) is 22.6. The van der Waals surface area contributed by atoms with Gasteiger partial charge in [0.2, 0.25) is 0 Å². The average Bonchev–Trinajstić information content (AvgIpc) is 3.32. The Balaban J connectivity index is 1.57. The minimum atomic E-state index is -0.354. The maximum atomic E-state index is 13.8. The highest BCUT2D eigenvalue weighted by molar-refractivity contribution is 6.01. The number of nitrogens with zero attached hydrogens (tertiary/aromatic N) is 4. The molecular formula is C33H27F3N4O. The van der Waals surface area contributed by atoms with Gasteiger partial charge in [-0.1, -0.05) is 0 Å². The van der Waals surface area contributed by atoms with Crippen LogP contribution >= 0.6 is 0 Å². The van der Waals surface area contributed by atoms with E-state index in [1.54, 1.807) is 36.4 Å². The molecular weight excluding hydrogens is 525 g/mol. The second-order valence-electron chi connectivity index (χ2n) is 10.1. The standard InChI is InChI=1S/C33H27F3N4O/c1-20(2)41-17-3-16-40-30-18-27-28(19-29(30)38-33(40)23-8-14-26(36)15-9-23)37-32(22-6-12-25(35)13-7-22)39-31(27)21-4-10-24(34)11-5-21/h4-15,18-20H,3,16-17H2,1-2H3. The van der Waals surface area contributed by atoms with E-state index in [0.29, 0.717) is 41.6 Å². The Labute approximate surface area is 235 Å². The molecule has 8 heteroatoms. The summed E-state index contributed by atoms with van der Waals surface area (Å²) in [5, 5.41) is 0.764. The first-order valence-electron chi connectivity index (χ1n) is 13.5. The van der Waals surface area contributed by atoms with E-state index in [4.69, 9.17) is 19.7 Å². The normalized spacial score (nSPS) is 11.7. The van der Waals surface area contributed by atoms with Crippen LogP contribution in [0.1, 0.15) is 20.3 Å². The molecule has 0 radical (unpaired) electrons. The highest BCUT2D eigenvalue weighted by atomic mass is 19.1. The van der Waals surface area contributed by atoms with Crippen molar-refractivity contribution in [1.82, 2.24) is 19.5 Å². The number of rotatable bonds is 8. The summed E-state index contributed by atoms with van der Waals surface area (Å²) >= 11 is 0. The fourth-order valence-electron chi connectivity index (χ4n) is 4.89. The number of ether oxygens (including phenoxy) is 1. The van der Waals surface area contributed by atoms with Gasteiger partial charge >= 0.3 is 0 Å². The van der Waals surface area contributed by atoms with Gasteiger partial charge in [-0.05, 0) is 105 Å². The first kappa shape index (κ1) is 26.7. The fraction of sp³-hybridized carbons (Fsp3) is 0.182. The molecule has 0 unspecified atom stereocenters. The highest BCUT2D eigenvalue weighted by Crippen LogP contribution is 2.34. The smallest absolute Gasteiger partial charge is 0.160 e. The van der Waals surface area contributed by atoms with Crippen molar-refractivity contribution >= 4 is 21.9 Å². The van der Waals surface area contributed by atoms with Crippen molar-refractivity contribution in [2.75, 3.05) is 6.61 Å². The van der Waals surface area contributed by atoms with E-state index in [0.717, 1.165) is 34.0 Å². The molecule has 0 N–H and O–H groups in total. The summed E-state index contributed by atoms with van der Waals surface area (Å²) in [5.41, 5.74) is 5.00. The van der Waals surface area contributed by atoms with Crippen molar-refractivity contribution in [1.29, 1.82) is 0 Å². The molecule has 0 aliphatic heterocycles. The second-order valence-corrected chi connectivity index (χ2v) is 10.1. The Morgan fingerprint density at radius 1 is 0.683 bits per heavy atom. The topological polar surface area (TPSA) is 52.8 Å². The van der Waals surface area contributed by atoms with Gasteiger partial charge in [0.15, 0.2) is 5.82 Å². The molecule has 0 saturated carbocycles. The van der Waals surface area contributed by atoms with Crippen LogP contribution < -0.4 is 0 Å². The molecule has 0 aliphatic rings. The molecule has 0 saturated heterocycles. The molecule has 6 aromatic rings. The molecule has 0 fully saturated rings. The number of halogens is 3. The summed E-state index contributed by atoms with van der Waals surface area (Å²) in [7, 11) is 0. The minimum absolute atomic E-state index is 0.126. The van der Waals surface area contributed by atoms with E-state index in [-0.39, 0.29) is 23.6 Å². The predicted molar refractivity (Wildman–Crippen MR) is 155 cm³/mol. The van der Waals surface area contributed by atoms with Crippen molar-refractivity contribution in [2.45, 2.75) is 32.9 Å². The van der Waals surface area contributed by atoms with Gasteiger partial charge in [-0.25, -0.2) is 28.1 Å². The Kier molecular flexibility index (Phi) is 7.24. The molecule has 0 atom stereocenters. The first-order valence-corrected chi connectivity index (χ1v) is 13.5. The van der Waals surface area contributed by atoms with E-state index in [1.807, 2.05) is 26.0 Å². The van der Waals surface area contributed by atoms with Crippen LogP contribution in [0.4, 0.5) is 13.2 Å². The summed E-state index contributed by atoms with van der Waals surface area (Å²) in [6.07, 6.45) is 0.876. The van der Waals surface area contributed by atoms with E-state index in [2.05, 4.69) is 4.57 Å². The number of fused-ring (bicyclic) bond motifs is 2. The third-order valence-electron chi connectivity index (χ3n) is 6.86. The minimum Gasteiger partial charge on any atom is -0.379 e. The number of aryl methyl sites for hydroxylation is 1. The Hall–Kier alpha value is -4.56. The van der Waals surface area contributed by atoms with Crippen LogP contribution in [0.2, 0.25) is 0 Å². The summed E-state index contributed by atoms with van der Waals surface area (Å²) < 4.78 is 49.1. The van der Waals surface area contributed by atoms with Crippen LogP contribution in [0, 0.1) is 17.5 Å². The van der Waals surface area contributed by atoms with Crippen LogP contribution in [0.25, 0.3) is 56.0 Å². The summed E-state index contributed by atoms with van der Waals surface area (Å²) in [5.74, 6) is 0.0988. The highest BCUT2D eigenvalue weighted by Gasteiger charge is 2.18. The van der Waals surface area contributed by atoms with Gasteiger partial charge in [0.05, 0.1) is 28.3 Å². The molecule has 0 amide bonds. The van der Waals surface area contributed by atoms with Crippen LogP contribution in [-0.2, 0) is 11.3 Å². The maximum Gasteiger partial charge on any atom is 0.160 e. The van der Waals surface area contributed by atoms with E-state index in [9.17, 15) is 13.2 Å². The number of hydrogen-bond acceptors (Lipinski definition) is 4. The number of imidazole rings is 1.